The SMILES string of the molecule is COc1ccc(C(=O)CN2CCN3CCCCC3C2)cc1. The third-order valence-corrected chi connectivity index (χ3v) is 4.70. The Kier molecular flexibility index (Phi) is 4.56. The molecule has 2 heterocycles. The molecule has 2 aliphatic heterocycles. The Balaban J connectivity index is 1.57. The first-order chi connectivity index (χ1) is 10.3. The number of carbonyl (C=O) groups excluding carboxylic acids is 1. The zero-order valence-corrected chi connectivity index (χ0v) is 12.8. The highest BCUT2D eigenvalue weighted by atomic mass is 16.5. The molecule has 4 heteroatoms. The number of hydrogen-bond acceptors (Lipinski definition) is 4. The molecule has 2 aliphatic rings. The van der Waals surface area contributed by atoms with E-state index in [1.807, 2.05) is 24.3 Å². The average molecular weight is 288 g/mol. The highest BCUT2D eigenvalue weighted by Gasteiger charge is 2.29. The summed E-state index contributed by atoms with van der Waals surface area (Å²) in [7, 11) is 1.64. The molecule has 2 saturated heterocycles. The van der Waals surface area contributed by atoms with E-state index < -0.39 is 0 Å². The van der Waals surface area contributed by atoms with Crippen LogP contribution >= 0.6 is 0 Å². The van der Waals surface area contributed by atoms with Crippen LogP contribution < -0.4 is 4.74 Å². The van der Waals surface area contributed by atoms with Crippen molar-refractivity contribution in [3.63, 3.8) is 0 Å². The third-order valence-electron chi connectivity index (χ3n) is 4.70. The molecule has 0 saturated carbocycles. The van der Waals surface area contributed by atoms with Gasteiger partial charge in [0.15, 0.2) is 5.78 Å². The van der Waals surface area contributed by atoms with E-state index in [1.165, 1.54) is 25.8 Å². The summed E-state index contributed by atoms with van der Waals surface area (Å²) in [5, 5.41) is 0. The van der Waals surface area contributed by atoms with E-state index in [9.17, 15) is 4.79 Å². The van der Waals surface area contributed by atoms with Crippen LogP contribution in [0.25, 0.3) is 0 Å². The number of piperidine rings is 1. The van der Waals surface area contributed by atoms with Crippen molar-refractivity contribution in [1.82, 2.24) is 9.80 Å². The standard InChI is InChI=1S/C17H24N2O2/c1-21-16-7-5-14(6-8-16)17(20)13-18-10-11-19-9-3-2-4-15(19)12-18/h5-8,15H,2-4,9-13H2,1H3. The van der Waals surface area contributed by atoms with Gasteiger partial charge >= 0.3 is 0 Å². The molecule has 0 aliphatic carbocycles. The lowest BCUT2D eigenvalue weighted by Crippen LogP contribution is -2.55. The summed E-state index contributed by atoms with van der Waals surface area (Å²) in [5.74, 6) is 1.00. The summed E-state index contributed by atoms with van der Waals surface area (Å²) >= 11 is 0. The minimum Gasteiger partial charge on any atom is -0.497 e. The van der Waals surface area contributed by atoms with Gasteiger partial charge in [-0.05, 0) is 43.7 Å². The van der Waals surface area contributed by atoms with Crippen LogP contribution in [0.1, 0.15) is 29.6 Å². The molecule has 21 heavy (non-hydrogen) atoms. The summed E-state index contributed by atoms with van der Waals surface area (Å²) in [4.78, 5) is 17.3. The van der Waals surface area contributed by atoms with Crippen molar-refractivity contribution in [3.05, 3.63) is 29.8 Å². The number of rotatable bonds is 4. The number of methoxy groups -OCH3 is 1. The number of ketones is 1. The molecule has 0 aromatic heterocycles. The molecular weight excluding hydrogens is 264 g/mol. The second kappa shape index (κ2) is 6.58. The first kappa shape index (κ1) is 14.5. The fourth-order valence-electron chi connectivity index (χ4n) is 3.44. The van der Waals surface area contributed by atoms with Crippen LogP contribution in [0, 0.1) is 0 Å². The van der Waals surface area contributed by atoms with Gasteiger partial charge in [0.05, 0.1) is 13.7 Å². The number of benzene rings is 1. The average Bonchev–Trinajstić information content (AvgIpc) is 2.55. The molecule has 0 radical (unpaired) electrons. The largest absolute Gasteiger partial charge is 0.497 e. The topological polar surface area (TPSA) is 32.8 Å². The second-order valence-electron chi connectivity index (χ2n) is 6.07. The van der Waals surface area contributed by atoms with Gasteiger partial charge in [-0.3, -0.25) is 14.6 Å². The van der Waals surface area contributed by atoms with E-state index in [0.29, 0.717) is 12.6 Å². The van der Waals surface area contributed by atoms with Gasteiger partial charge < -0.3 is 4.74 Å². The van der Waals surface area contributed by atoms with Crippen molar-refractivity contribution in [1.29, 1.82) is 0 Å². The summed E-state index contributed by atoms with van der Waals surface area (Å²) in [6.07, 6.45) is 3.95. The fourth-order valence-corrected chi connectivity index (χ4v) is 3.44. The van der Waals surface area contributed by atoms with E-state index in [0.717, 1.165) is 30.9 Å². The number of carbonyl (C=O) groups is 1. The van der Waals surface area contributed by atoms with Crippen molar-refractivity contribution in [2.75, 3.05) is 39.8 Å². The van der Waals surface area contributed by atoms with Gasteiger partial charge in [-0.25, -0.2) is 0 Å². The first-order valence-electron chi connectivity index (χ1n) is 7.90. The summed E-state index contributed by atoms with van der Waals surface area (Å²) in [6, 6.07) is 8.09. The quantitative estimate of drug-likeness (QED) is 0.794. The van der Waals surface area contributed by atoms with Gasteiger partial charge in [0.1, 0.15) is 5.75 Å². The van der Waals surface area contributed by atoms with Gasteiger partial charge in [0, 0.05) is 31.2 Å². The molecule has 0 amide bonds. The summed E-state index contributed by atoms with van der Waals surface area (Å²) in [5.41, 5.74) is 0.780. The molecule has 1 aromatic carbocycles. The lowest BCUT2D eigenvalue weighted by Gasteiger charge is -2.43. The third kappa shape index (κ3) is 3.44. The molecule has 1 unspecified atom stereocenters. The predicted molar refractivity (Wildman–Crippen MR) is 83.0 cm³/mol. The molecule has 1 atom stereocenters. The lowest BCUT2D eigenvalue weighted by atomic mass is 9.99. The lowest BCUT2D eigenvalue weighted by molar-refractivity contribution is 0.0469. The number of ether oxygens (including phenoxy) is 1. The number of Topliss-reactive ketones (excluding diaryl/α,β-unsaturated/α-hetero) is 1. The minimum atomic E-state index is 0.210. The molecule has 4 nitrogen and oxygen atoms in total. The molecular formula is C17H24N2O2. The molecule has 1 aromatic rings. The summed E-state index contributed by atoms with van der Waals surface area (Å²) < 4.78 is 5.13. The zero-order chi connectivity index (χ0) is 14.7. The molecule has 0 bridgehead atoms. The fraction of sp³-hybridized carbons (Fsp3) is 0.588. The van der Waals surface area contributed by atoms with Crippen molar-refractivity contribution in [2.45, 2.75) is 25.3 Å². The van der Waals surface area contributed by atoms with Crippen LogP contribution in [-0.4, -0.2) is 61.5 Å². The van der Waals surface area contributed by atoms with Crippen molar-refractivity contribution >= 4 is 5.78 Å². The van der Waals surface area contributed by atoms with Gasteiger partial charge in [-0.1, -0.05) is 6.42 Å². The van der Waals surface area contributed by atoms with Crippen molar-refractivity contribution in [2.24, 2.45) is 0 Å². The number of nitrogens with zero attached hydrogens (tertiary/aromatic N) is 2. The van der Waals surface area contributed by atoms with Crippen LogP contribution in [0.5, 0.6) is 5.75 Å². The maximum atomic E-state index is 12.4. The van der Waals surface area contributed by atoms with Crippen molar-refractivity contribution < 1.29 is 9.53 Å². The Labute approximate surface area is 126 Å². The molecule has 0 spiro atoms. The first-order valence-corrected chi connectivity index (χ1v) is 7.90. The van der Waals surface area contributed by atoms with Crippen LogP contribution in [0.2, 0.25) is 0 Å². The molecule has 114 valence electrons. The number of hydrogen-bond donors (Lipinski definition) is 0. The van der Waals surface area contributed by atoms with Crippen molar-refractivity contribution in [3.8, 4) is 5.75 Å². The summed E-state index contributed by atoms with van der Waals surface area (Å²) in [6.45, 7) is 4.95. The monoisotopic (exact) mass is 288 g/mol. The Morgan fingerprint density at radius 3 is 2.76 bits per heavy atom. The second-order valence-corrected chi connectivity index (χ2v) is 6.07. The Morgan fingerprint density at radius 1 is 1.19 bits per heavy atom. The predicted octanol–water partition coefficient (Wildman–Crippen LogP) is 2.05. The molecule has 3 rings (SSSR count). The number of piperazine rings is 1. The minimum absolute atomic E-state index is 0.210. The Morgan fingerprint density at radius 2 is 2.00 bits per heavy atom. The van der Waals surface area contributed by atoms with Crippen LogP contribution in [-0.2, 0) is 0 Å². The van der Waals surface area contributed by atoms with Gasteiger partial charge in [-0.15, -0.1) is 0 Å². The highest BCUT2D eigenvalue weighted by molar-refractivity contribution is 5.97. The van der Waals surface area contributed by atoms with Gasteiger partial charge in [-0.2, -0.15) is 0 Å². The van der Waals surface area contributed by atoms with E-state index in [-0.39, 0.29) is 5.78 Å². The van der Waals surface area contributed by atoms with Crippen LogP contribution in [0.15, 0.2) is 24.3 Å². The van der Waals surface area contributed by atoms with E-state index in [2.05, 4.69) is 9.80 Å². The number of fused-ring (bicyclic) bond motifs is 1. The smallest absolute Gasteiger partial charge is 0.176 e. The van der Waals surface area contributed by atoms with Crippen LogP contribution in [0.3, 0.4) is 0 Å². The van der Waals surface area contributed by atoms with E-state index in [4.69, 9.17) is 4.74 Å². The Hall–Kier alpha value is -1.39. The molecule has 0 N–H and O–H groups in total. The van der Waals surface area contributed by atoms with E-state index in [1.54, 1.807) is 7.11 Å². The zero-order valence-electron chi connectivity index (χ0n) is 12.8. The van der Waals surface area contributed by atoms with E-state index >= 15 is 0 Å². The normalized spacial score (nSPS) is 23.6. The van der Waals surface area contributed by atoms with Gasteiger partial charge in [0.2, 0.25) is 0 Å². The molecule has 2 fully saturated rings. The van der Waals surface area contributed by atoms with Gasteiger partial charge in [0.25, 0.3) is 0 Å². The van der Waals surface area contributed by atoms with Crippen LogP contribution in [0.4, 0.5) is 0 Å². The Bertz CT molecular complexity index is 486. The maximum Gasteiger partial charge on any atom is 0.176 e. The highest BCUT2D eigenvalue weighted by Crippen LogP contribution is 2.21. The maximum absolute atomic E-state index is 12.4.